The van der Waals surface area contributed by atoms with Crippen LogP contribution in [0.5, 0.6) is 0 Å². The first-order valence-corrected chi connectivity index (χ1v) is 7.67. The quantitative estimate of drug-likeness (QED) is 0.835. The first-order valence-electron chi connectivity index (χ1n) is 7.67. The molecule has 106 valence electrons. The van der Waals surface area contributed by atoms with Crippen LogP contribution in [0, 0.1) is 13.8 Å². The molecule has 3 nitrogen and oxygen atoms in total. The number of piperidine rings is 1. The van der Waals surface area contributed by atoms with Gasteiger partial charge in [0.05, 0.1) is 6.54 Å². The van der Waals surface area contributed by atoms with E-state index in [0.717, 1.165) is 30.1 Å². The van der Waals surface area contributed by atoms with E-state index in [1.54, 1.807) is 0 Å². The summed E-state index contributed by atoms with van der Waals surface area (Å²) < 4.78 is 5.77. The molecule has 0 bridgehead atoms. The normalized spacial score (nSPS) is 26.6. The minimum Gasteiger partial charge on any atom is -0.465 e. The van der Waals surface area contributed by atoms with Crippen molar-refractivity contribution in [2.75, 3.05) is 19.6 Å². The van der Waals surface area contributed by atoms with Gasteiger partial charge in [-0.1, -0.05) is 6.42 Å². The maximum absolute atomic E-state index is 5.77. The van der Waals surface area contributed by atoms with Crippen molar-refractivity contribution in [3.05, 3.63) is 23.2 Å². The molecule has 1 atom stereocenters. The third-order valence-electron chi connectivity index (χ3n) is 4.86. The largest absolute Gasteiger partial charge is 0.465 e. The van der Waals surface area contributed by atoms with Crippen LogP contribution >= 0.6 is 0 Å². The van der Waals surface area contributed by atoms with E-state index in [1.165, 1.54) is 44.5 Å². The second kappa shape index (κ2) is 5.29. The minimum absolute atomic E-state index is 0.785. The van der Waals surface area contributed by atoms with Crippen molar-refractivity contribution in [3.8, 4) is 0 Å². The molecule has 0 radical (unpaired) electrons. The van der Waals surface area contributed by atoms with Crippen LogP contribution < -0.4 is 0 Å². The molecule has 0 spiro atoms. The summed E-state index contributed by atoms with van der Waals surface area (Å²) in [5.74, 6) is 2.19. The molecule has 0 N–H and O–H groups in total. The van der Waals surface area contributed by atoms with Gasteiger partial charge in [-0.2, -0.15) is 0 Å². The first kappa shape index (κ1) is 13.2. The molecular weight excluding hydrogens is 236 g/mol. The minimum atomic E-state index is 0.785. The van der Waals surface area contributed by atoms with Crippen LogP contribution in [0.2, 0.25) is 0 Å². The fraction of sp³-hybridized carbons (Fsp3) is 0.750. The molecular formula is C16H26N2O. The standard InChI is InChI=1S/C16H26N2O/c1-12-8-16(19-14(12)3)11-17-9-15(10-17)18-7-5-4-6-13(18)2/h8,13,15H,4-7,9-11H2,1-3H3. The Morgan fingerprint density at radius 2 is 2.05 bits per heavy atom. The fourth-order valence-corrected chi connectivity index (χ4v) is 3.49. The monoisotopic (exact) mass is 262 g/mol. The van der Waals surface area contributed by atoms with Crippen molar-refractivity contribution in [1.29, 1.82) is 0 Å². The predicted molar refractivity (Wildman–Crippen MR) is 77.3 cm³/mol. The highest BCUT2D eigenvalue weighted by atomic mass is 16.3. The van der Waals surface area contributed by atoms with E-state index in [-0.39, 0.29) is 0 Å². The molecule has 1 aromatic rings. The summed E-state index contributed by atoms with van der Waals surface area (Å²) in [7, 11) is 0. The highest BCUT2D eigenvalue weighted by Crippen LogP contribution is 2.26. The molecule has 3 heterocycles. The molecule has 0 aromatic carbocycles. The fourth-order valence-electron chi connectivity index (χ4n) is 3.49. The van der Waals surface area contributed by atoms with Gasteiger partial charge in [-0.25, -0.2) is 0 Å². The van der Waals surface area contributed by atoms with Crippen LogP contribution in [0.25, 0.3) is 0 Å². The van der Waals surface area contributed by atoms with Gasteiger partial charge in [0.2, 0.25) is 0 Å². The third-order valence-corrected chi connectivity index (χ3v) is 4.86. The molecule has 2 aliphatic heterocycles. The number of rotatable bonds is 3. The maximum Gasteiger partial charge on any atom is 0.118 e. The molecule has 1 aromatic heterocycles. The van der Waals surface area contributed by atoms with Gasteiger partial charge >= 0.3 is 0 Å². The van der Waals surface area contributed by atoms with E-state index in [4.69, 9.17) is 4.42 Å². The number of hydrogen-bond donors (Lipinski definition) is 0. The third kappa shape index (κ3) is 2.72. The molecule has 3 rings (SSSR count). The molecule has 19 heavy (non-hydrogen) atoms. The van der Waals surface area contributed by atoms with E-state index in [2.05, 4.69) is 29.7 Å². The highest BCUT2D eigenvalue weighted by molar-refractivity contribution is 5.18. The van der Waals surface area contributed by atoms with Gasteiger partial charge in [0.1, 0.15) is 11.5 Å². The molecule has 2 aliphatic rings. The molecule has 0 saturated carbocycles. The Bertz CT molecular complexity index is 414. The zero-order valence-electron chi connectivity index (χ0n) is 12.5. The Kier molecular flexibility index (Phi) is 3.68. The summed E-state index contributed by atoms with van der Waals surface area (Å²) in [6, 6.07) is 3.76. The molecule has 2 fully saturated rings. The van der Waals surface area contributed by atoms with Crippen LogP contribution in [0.3, 0.4) is 0 Å². The number of likely N-dealkylation sites (tertiary alicyclic amines) is 2. The predicted octanol–water partition coefficient (Wildman–Crippen LogP) is 2.96. The summed E-state index contributed by atoms with van der Waals surface area (Å²) in [6.45, 7) is 11.3. The maximum atomic E-state index is 5.77. The first-order chi connectivity index (χ1) is 9.13. The van der Waals surface area contributed by atoms with Gasteiger partial charge in [0, 0.05) is 25.2 Å². The lowest BCUT2D eigenvalue weighted by molar-refractivity contribution is -0.00899. The van der Waals surface area contributed by atoms with Gasteiger partial charge in [-0.05, 0) is 51.8 Å². The second-order valence-electron chi connectivity index (χ2n) is 6.38. The van der Waals surface area contributed by atoms with Crippen molar-refractivity contribution >= 4 is 0 Å². The number of furan rings is 1. The van der Waals surface area contributed by atoms with Gasteiger partial charge in [-0.3, -0.25) is 9.80 Å². The summed E-state index contributed by atoms with van der Waals surface area (Å²) >= 11 is 0. The summed E-state index contributed by atoms with van der Waals surface area (Å²) in [6.07, 6.45) is 4.18. The van der Waals surface area contributed by atoms with Crippen LogP contribution in [0.4, 0.5) is 0 Å². The van der Waals surface area contributed by atoms with E-state index in [9.17, 15) is 0 Å². The Labute approximate surface area is 116 Å². The van der Waals surface area contributed by atoms with Crippen LogP contribution in [0.15, 0.2) is 10.5 Å². The van der Waals surface area contributed by atoms with Crippen LogP contribution in [0.1, 0.15) is 43.3 Å². The second-order valence-corrected chi connectivity index (χ2v) is 6.38. The van der Waals surface area contributed by atoms with Crippen LogP contribution in [-0.4, -0.2) is 41.5 Å². The Morgan fingerprint density at radius 3 is 2.68 bits per heavy atom. The summed E-state index contributed by atoms with van der Waals surface area (Å²) in [5.41, 5.74) is 1.27. The zero-order valence-corrected chi connectivity index (χ0v) is 12.5. The van der Waals surface area contributed by atoms with Crippen molar-refractivity contribution in [2.24, 2.45) is 0 Å². The van der Waals surface area contributed by atoms with Gasteiger partial charge in [0.15, 0.2) is 0 Å². The van der Waals surface area contributed by atoms with E-state index in [0.29, 0.717) is 0 Å². The lowest BCUT2D eigenvalue weighted by Gasteiger charge is -2.49. The number of nitrogens with zero attached hydrogens (tertiary/aromatic N) is 2. The lowest BCUT2D eigenvalue weighted by Crippen LogP contribution is -2.61. The Balaban J connectivity index is 1.49. The highest BCUT2D eigenvalue weighted by Gasteiger charge is 2.35. The molecule has 2 saturated heterocycles. The van der Waals surface area contributed by atoms with E-state index in [1.807, 2.05) is 6.92 Å². The number of aryl methyl sites for hydroxylation is 2. The van der Waals surface area contributed by atoms with Crippen molar-refractivity contribution < 1.29 is 4.42 Å². The van der Waals surface area contributed by atoms with Crippen molar-refractivity contribution in [1.82, 2.24) is 9.80 Å². The molecule has 3 heteroatoms. The average molecular weight is 262 g/mol. The van der Waals surface area contributed by atoms with Gasteiger partial charge < -0.3 is 4.42 Å². The van der Waals surface area contributed by atoms with Crippen molar-refractivity contribution in [3.63, 3.8) is 0 Å². The Hall–Kier alpha value is -0.800. The molecule has 1 unspecified atom stereocenters. The number of hydrogen-bond acceptors (Lipinski definition) is 3. The Morgan fingerprint density at radius 1 is 1.26 bits per heavy atom. The molecule has 0 amide bonds. The summed E-state index contributed by atoms with van der Waals surface area (Å²) in [4.78, 5) is 5.22. The average Bonchev–Trinajstić information content (AvgIpc) is 2.64. The van der Waals surface area contributed by atoms with E-state index < -0.39 is 0 Å². The molecule has 0 aliphatic carbocycles. The topological polar surface area (TPSA) is 19.6 Å². The lowest BCUT2D eigenvalue weighted by atomic mass is 9.97. The van der Waals surface area contributed by atoms with Gasteiger partial charge in [-0.15, -0.1) is 0 Å². The SMILES string of the molecule is Cc1cc(CN2CC(N3CCCCC3C)C2)oc1C. The smallest absolute Gasteiger partial charge is 0.118 e. The van der Waals surface area contributed by atoms with Crippen LogP contribution in [-0.2, 0) is 6.54 Å². The summed E-state index contributed by atoms with van der Waals surface area (Å²) in [5, 5.41) is 0. The zero-order chi connectivity index (χ0) is 13.4. The van der Waals surface area contributed by atoms with Gasteiger partial charge in [0.25, 0.3) is 0 Å². The van der Waals surface area contributed by atoms with Crippen molar-refractivity contribution in [2.45, 2.75) is 58.7 Å². The van der Waals surface area contributed by atoms with E-state index >= 15 is 0 Å².